The van der Waals surface area contributed by atoms with Crippen molar-refractivity contribution < 1.29 is 14.3 Å². The van der Waals surface area contributed by atoms with Crippen LogP contribution in [0.25, 0.3) is 0 Å². The van der Waals surface area contributed by atoms with Gasteiger partial charge in [-0.1, -0.05) is 78.3 Å². The van der Waals surface area contributed by atoms with Crippen molar-refractivity contribution >= 4 is 29.2 Å². The van der Waals surface area contributed by atoms with Crippen LogP contribution in [-0.4, -0.2) is 18.5 Å². The fourth-order valence-corrected chi connectivity index (χ4v) is 3.06. The van der Waals surface area contributed by atoms with Crippen LogP contribution in [0.4, 0.5) is 5.69 Å². The van der Waals surface area contributed by atoms with E-state index in [4.69, 9.17) is 16.3 Å². The molecule has 0 atom stereocenters. The molecule has 28 heavy (non-hydrogen) atoms. The predicted octanol–water partition coefficient (Wildman–Crippen LogP) is 4.96. The first-order valence-electron chi connectivity index (χ1n) is 8.87. The van der Waals surface area contributed by atoms with Gasteiger partial charge < -0.3 is 10.1 Å². The molecule has 0 aromatic heterocycles. The molecule has 0 bridgehead atoms. The van der Waals surface area contributed by atoms with E-state index in [-0.39, 0.29) is 6.61 Å². The Balaban J connectivity index is 1.70. The number of halogens is 1. The summed E-state index contributed by atoms with van der Waals surface area (Å²) >= 11 is 5.97. The first kappa shape index (κ1) is 19.6. The number of amides is 1. The number of carbonyl (C=O) groups is 2. The smallest absolute Gasteiger partial charge is 0.318 e. The second-order valence-electron chi connectivity index (χ2n) is 6.37. The molecular weight excluding hydrogens is 374 g/mol. The lowest BCUT2D eigenvalue weighted by molar-refractivity contribution is -0.147. The Morgan fingerprint density at radius 3 is 2.07 bits per heavy atom. The lowest BCUT2D eigenvalue weighted by Crippen LogP contribution is -2.24. The van der Waals surface area contributed by atoms with Crippen LogP contribution in [0.2, 0.25) is 5.02 Å². The van der Waals surface area contributed by atoms with Crippen LogP contribution in [0, 0.1) is 6.92 Å². The molecule has 0 fully saturated rings. The van der Waals surface area contributed by atoms with Gasteiger partial charge in [-0.2, -0.15) is 0 Å². The van der Waals surface area contributed by atoms with Crippen molar-refractivity contribution in [3.8, 4) is 0 Å². The summed E-state index contributed by atoms with van der Waals surface area (Å²) < 4.78 is 5.33. The summed E-state index contributed by atoms with van der Waals surface area (Å²) in [5.41, 5.74) is 3.08. The Labute approximate surface area is 169 Å². The number of anilines is 1. The molecule has 1 N–H and O–H groups in total. The highest BCUT2D eigenvalue weighted by Crippen LogP contribution is 2.26. The molecule has 3 aromatic carbocycles. The molecule has 4 nitrogen and oxygen atoms in total. The van der Waals surface area contributed by atoms with E-state index in [1.807, 2.05) is 73.7 Å². The third-order valence-electron chi connectivity index (χ3n) is 4.32. The molecule has 0 heterocycles. The van der Waals surface area contributed by atoms with E-state index in [0.29, 0.717) is 10.7 Å². The molecular formula is C23H20ClNO3. The zero-order valence-electron chi connectivity index (χ0n) is 15.4. The average Bonchev–Trinajstić information content (AvgIpc) is 2.71. The number of carbonyl (C=O) groups excluding carboxylic acids is 2. The van der Waals surface area contributed by atoms with Gasteiger partial charge in [0.1, 0.15) is 5.92 Å². The molecule has 3 rings (SSSR count). The third-order valence-corrected chi connectivity index (χ3v) is 4.56. The van der Waals surface area contributed by atoms with E-state index in [1.54, 1.807) is 12.1 Å². The Morgan fingerprint density at radius 1 is 0.929 bits per heavy atom. The van der Waals surface area contributed by atoms with Crippen LogP contribution in [-0.2, 0) is 14.3 Å². The van der Waals surface area contributed by atoms with Gasteiger partial charge in [0.2, 0.25) is 0 Å². The van der Waals surface area contributed by atoms with E-state index in [9.17, 15) is 9.59 Å². The van der Waals surface area contributed by atoms with E-state index in [0.717, 1.165) is 16.7 Å². The minimum Gasteiger partial charge on any atom is -0.455 e. The highest BCUT2D eigenvalue weighted by molar-refractivity contribution is 6.31. The van der Waals surface area contributed by atoms with Gasteiger partial charge in [0.15, 0.2) is 6.61 Å². The largest absolute Gasteiger partial charge is 0.455 e. The maximum Gasteiger partial charge on any atom is 0.318 e. The first-order chi connectivity index (χ1) is 13.5. The molecule has 1 amide bonds. The fourth-order valence-electron chi connectivity index (χ4n) is 2.89. The molecule has 0 aliphatic carbocycles. The Morgan fingerprint density at radius 2 is 1.50 bits per heavy atom. The number of rotatable bonds is 6. The summed E-state index contributed by atoms with van der Waals surface area (Å²) in [6.07, 6.45) is 0. The maximum absolute atomic E-state index is 12.8. The van der Waals surface area contributed by atoms with Crippen LogP contribution in [0.5, 0.6) is 0 Å². The van der Waals surface area contributed by atoms with Gasteiger partial charge in [-0.3, -0.25) is 9.59 Å². The summed E-state index contributed by atoms with van der Waals surface area (Å²) in [6.45, 7) is 1.49. The van der Waals surface area contributed by atoms with Crippen LogP contribution >= 0.6 is 11.6 Å². The number of ether oxygens (including phenoxy) is 1. The van der Waals surface area contributed by atoms with Gasteiger partial charge in [0.05, 0.1) is 0 Å². The van der Waals surface area contributed by atoms with E-state index < -0.39 is 17.8 Å². The molecule has 0 aliphatic rings. The SMILES string of the molecule is Cc1ccc(Cl)cc1NC(=O)COC(=O)C(c1ccccc1)c1ccccc1. The highest BCUT2D eigenvalue weighted by atomic mass is 35.5. The Kier molecular flexibility index (Phi) is 6.45. The van der Waals surface area contributed by atoms with E-state index >= 15 is 0 Å². The van der Waals surface area contributed by atoms with Crippen molar-refractivity contribution in [1.82, 2.24) is 0 Å². The van der Waals surface area contributed by atoms with E-state index in [1.165, 1.54) is 0 Å². The van der Waals surface area contributed by atoms with Gasteiger partial charge in [-0.25, -0.2) is 0 Å². The number of hydrogen-bond acceptors (Lipinski definition) is 3. The molecule has 0 saturated heterocycles. The minimum atomic E-state index is -0.594. The molecule has 3 aromatic rings. The molecule has 142 valence electrons. The van der Waals surface area contributed by atoms with Gasteiger partial charge in [-0.05, 0) is 35.7 Å². The number of aryl methyl sites for hydroxylation is 1. The Hall–Kier alpha value is -3.11. The number of hydrogen-bond donors (Lipinski definition) is 1. The van der Waals surface area contributed by atoms with Gasteiger partial charge in [0, 0.05) is 10.7 Å². The van der Waals surface area contributed by atoms with Crippen LogP contribution < -0.4 is 5.32 Å². The van der Waals surface area contributed by atoms with Gasteiger partial charge in [-0.15, -0.1) is 0 Å². The summed E-state index contributed by atoms with van der Waals surface area (Å²) in [5.74, 6) is -1.49. The van der Waals surface area contributed by atoms with Crippen molar-refractivity contribution in [1.29, 1.82) is 0 Å². The number of esters is 1. The zero-order valence-corrected chi connectivity index (χ0v) is 16.1. The summed E-state index contributed by atoms with van der Waals surface area (Å²) in [6, 6.07) is 23.9. The topological polar surface area (TPSA) is 55.4 Å². The molecule has 0 saturated carbocycles. The maximum atomic E-state index is 12.8. The third kappa shape index (κ3) is 4.99. The summed E-state index contributed by atoms with van der Waals surface area (Å²) in [4.78, 5) is 25.0. The predicted molar refractivity (Wildman–Crippen MR) is 111 cm³/mol. The quantitative estimate of drug-likeness (QED) is 0.602. The lowest BCUT2D eigenvalue weighted by Gasteiger charge is -2.17. The van der Waals surface area contributed by atoms with Crippen molar-refractivity contribution in [2.75, 3.05) is 11.9 Å². The van der Waals surface area contributed by atoms with Gasteiger partial charge in [0.25, 0.3) is 5.91 Å². The molecule has 0 radical (unpaired) electrons. The van der Waals surface area contributed by atoms with E-state index in [2.05, 4.69) is 5.32 Å². The molecule has 0 unspecified atom stereocenters. The van der Waals surface area contributed by atoms with Gasteiger partial charge >= 0.3 is 5.97 Å². The summed E-state index contributed by atoms with van der Waals surface area (Å²) in [7, 11) is 0. The molecule has 5 heteroatoms. The van der Waals surface area contributed by atoms with Crippen LogP contribution in [0.3, 0.4) is 0 Å². The van der Waals surface area contributed by atoms with Crippen LogP contribution in [0.15, 0.2) is 78.9 Å². The number of benzene rings is 3. The average molecular weight is 394 g/mol. The normalized spacial score (nSPS) is 10.5. The summed E-state index contributed by atoms with van der Waals surface area (Å²) in [5, 5.41) is 3.24. The molecule has 0 aliphatic heterocycles. The highest BCUT2D eigenvalue weighted by Gasteiger charge is 2.24. The second-order valence-corrected chi connectivity index (χ2v) is 6.81. The standard InChI is InChI=1S/C23H20ClNO3/c1-16-12-13-19(24)14-20(16)25-21(26)15-28-23(27)22(17-8-4-2-5-9-17)18-10-6-3-7-11-18/h2-14,22H,15H2,1H3,(H,25,26). The number of nitrogens with one attached hydrogen (secondary N) is 1. The molecule has 0 spiro atoms. The monoisotopic (exact) mass is 393 g/mol. The van der Waals surface area contributed by atoms with Crippen molar-refractivity contribution in [2.45, 2.75) is 12.8 Å². The zero-order chi connectivity index (χ0) is 19.9. The van der Waals surface area contributed by atoms with Crippen molar-refractivity contribution in [3.05, 3.63) is 101 Å². The minimum absolute atomic E-state index is 0.374. The lowest BCUT2D eigenvalue weighted by atomic mass is 9.91. The van der Waals surface area contributed by atoms with Crippen molar-refractivity contribution in [2.24, 2.45) is 0 Å². The first-order valence-corrected chi connectivity index (χ1v) is 9.25. The Bertz CT molecular complexity index is 919. The second kappa shape index (κ2) is 9.20. The van der Waals surface area contributed by atoms with Crippen LogP contribution in [0.1, 0.15) is 22.6 Å². The van der Waals surface area contributed by atoms with Crippen molar-refractivity contribution in [3.63, 3.8) is 0 Å². The fraction of sp³-hybridized carbons (Fsp3) is 0.130.